The number of aliphatic hydroxyl groups excluding tert-OH is 1. The lowest BCUT2D eigenvalue weighted by molar-refractivity contribution is -0.156. The van der Waals surface area contributed by atoms with E-state index in [1.807, 2.05) is 12.2 Å². The van der Waals surface area contributed by atoms with Crippen molar-refractivity contribution in [2.75, 3.05) is 26.3 Å². The number of unbranched alkanes of at least 4 members (excludes halogenated alkanes) is 2. The summed E-state index contributed by atoms with van der Waals surface area (Å²) in [5.74, 6) is -7.19. The average Bonchev–Trinajstić information content (AvgIpc) is 0.814. The van der Waals surface area contributed by atoms with Crippen molar-refractivity contribution in [1.82, 2.24) is 10.6 Å². The third-order valence-corrected chi connectivity index (χ3v) is 16.8. The maximum absolute atomic E-state index is 13.8. The molecule has 24 nitrogen and oxygen atoms in total. The molecule has 4 rings (SSSR count). The first-order valence-electron chi connectivity index (χ1n) is 41.5. The van der Waals surface area contributed by atoms with Crippen molar-refractivity contribution in [3.8, 4) is 23.0 Å². The summed E-state index contributed by atoms with van der Waals surface area (Å²) in [7, 11) is 0. The first-order valence-corrected chi connectivity index (χ1v) is 41.9. The van der Waals surface area contributed by atoms with Gasteiger partial charge in [-0.1, -0.05) is 212 Å². The Morgan fingerprint density at radius 2 is 0.659 bits per heavy atom. The second-order valence-electron chi connectivity index (χ2n) is 31.2. The Morgan fingerprint density at radius 3 is 0.992 bits per heavy atom. The van der Waals surface area contributed by atoms with Crippen LogP contribution in [0.2, 0.25) is 0 Å². The zero-order valence-electron chi connectivity index (χ0n) is 73.9. The number of rotatable bonds is 49. The molecule has 4 aromatic rings. The van der Waals surface area contributed by atoms with Gasteiger partial charge in [-0.2, -0.15) is 0 Å². The number of allylic oxidation sites excluding steroid dienone is 20. The summed E-state index contributed by atoms with van der Waals surface area (Å²) in [6.07, 6.45) is 52.1. The van der Waals surface area contributed by atoms with E-state index in [2.05, 4.69) is 134 Å². The SMILES string of the molecule is CC(=O)Oc1ccccc1C(=O)Oc1ccccc1C(=O)Cl.CC/C=C\C/C=C\C/C=C\C/C=C\C/C=C\CCCC(=O)OCC(C)(C)[C@@H](O)C(=O)NCCC(=O)OC(C)(C)C.CC/C=C\C/C=C\C/C=C\C/C=C\C/C=C\CCCC(=O)OCC(C)(C)[C@@H](OC(=O)c1ccccc1OC(=O)c1ccccc1OC(C)=O)C(=O)NCCC(=O)OC(C)(C)C. The molecule has 0 aromatic heterocycles. The minimum atomic E-state index is -1.53. The number of hydrogen-bond donors (Lipinski definition) is 3. The highest BCUT2D eigenvalue weighted by Gasteiger charge is 2.41. The molecule has 0 unspecified atom stereocenters. The molecule has 0 saturated heterocycles. The predicted octanol–water partition coefficient (Wildman–Crippen LogP) is 19.6. The molecule has 4 aromatic carbocycles. The van der Waals surface area contributed by atoms with Gasteiger partial charge in [-0.05, 0) is 192 Å². The lowest BCUT2D eigenvalue weighted by Gasteiger charge is -2.32. The lowest BCUT2D eigenvalue weighted by atomic mass is 9.86. The van der Waals surface area contributed by atoms with Crippen LogP contribution < -0.4 is 29.6 Å². The molecular weight excluding hydrogens is 1590 g/mol. The molecule has 3 N–H and O–H groups in total. The number of ether oxygens (including phenoxy) is 9. The molecule has 2 amide bonds. The van der Waals surface area contributed by atoms with Crippen LogP contribution in [0.5, 0.6) is 23.0 Å². The quantitative estimate of drug-likeness (QED) is 0.00923. The summed E-state index contributed by atoms with van der Waals surface area (Å²) in [5, 5.41) is 14.8. The van der Waals surface area contributed by atoms with Gasteiger partial charge in [0.15, 0.2) is 6.10 Å². The molecule has 0 radical (unpaired) electrons. The third kappa shape index (κ3) is 50.4. The largest absolute Gasteiger partial charge is 0.465 e. The highest BCUT2D eigenvalue weighted by Crippen LogP contribution is 2.31. The van der Waals surface area contributed by atoms with Gasteiger partial charge in [-0.3, -0.25) is 43.2 Å². The minimum absolute atomic E-state index is 0.00301. The predicted molar refractivity (Wildman–Crippen MR) is 477 cm³/mol. The Kier molecular flexibility index (Phi) is 53.1. The topological polar surface area (TPSA) is 332 Å². The molecule has 0 spiro atoms. The first-order chi connectivity index (χ1) is 58.4. The summed E-state index contributed by atoms with van der Waals surface area (Å²) in [6.45, 7) is 23.2. The molecule has 123 heavy (non-hydrogen) atoms. The van der Waals surface area contributed by atoms with E-state index in [4.69, 9.17) is 54.2 Å². The summed E-state index contributed by atoms with van der Waals surface area (Å²) in [6, 6.07) is 23.9. The van der Waals surface area contributed by atoms with E-state index in [0.29, 0.717) is 19.3 Å². The Morgan fingerprint density at radius 1 is 0.366 bits per heavy atom. The Hall–Kier alpha value is -11.6. The van der Waals surface area contributed by atoms with Gasteiger partial charge < -0.3 is 58.4 Å². The highest BCUT2D eigenvalue weighted by atomic mass is 35.5. The maximum Gasteiger partial charge on any atom is 0.347 e. The van der Waals surface area contributed by atoms with E-state index in [1.165, 1.54) is 74.5 Å². The van der Waals surface area contributed by atoms with Crippen LogP contribution in [-0.2, 0) is 62.0 Å². The van der Waals surface area contributed by atoms with Gasteiger partial charge in [-0.15, -0.1) is 0 Å². The van der Waals surface area contributed by atoms with Crippen molar-refractivity contribution in [3.05, 3.63) is 241 Å². The second-order valence-corrected chi connectivity index (χ2v) is 31.5. The number of carbonyl (C=O) groups is 12. The Balaban J connectivity index is 0.000000702. The number of carbonyl (C=O) groups excluding carboxylic acids is 12. The summed E-state index contributed by atoms with van der Waals surface area (Å²) in [5.41, 5.74) is -3.67. The highest BCUT2D eigenvalue weighted by molar-refractivity contribution is 6.68. The van der Waals surface area contributed by atoms with Gasteiger partial charge in [0.25, 0.3) is 11.1 Å². The van der Waals surface area contributed by atoms with Gasteiger partial charge in [0.05, 0.1) is 25.0 Å². The van der Waals surface area contributed by atoms with E-state index in [-0.39, 0.29) is 103 Å². The fourth-order valence-corrected chi connectivity index (χ4v) is 10.6. The van der Waals surface area contributed by atoms with E-state index in [9.17, 15) is 62.6 Å². The third-order valence-electron chi connectivity index (χ3n) is 16.6. The normalized spacial score (nSPS) is 12.5. The van der Waals surface area contributed by atoms with Crippen molar-refractivity contribution in [2.45, 2.75) is 236 Å². The van der Waals surface area contributed by atoms with Crippen molar-refractivity contribution >= 4 is 82.4 Å². The number of hydrogen-bond acceptors (Lipinski definition) is 22. The number of nitrogens with one attached hydrogen (secondary N) is 2. The summed E-state index contributed by atoms with van der Waals surface area (Å²) >= 11 is 5.44. The number of halogens is 1. The van der Waals surface area contributed by atoms with E-state index in [0.717, 1.165) is 70.6 Å². The molecule has 0 bridgehead atoms. The fraction of sp³-hybridized carbons (Fsp3) is 0.429. The van der Waals surface area contributed by atoms with Gasteiger partial charge >= 0.3 is 53.7 Å². The molecule has 0 aliphatic rings. The minimum Gasteiger partial charge on any atom is -0.465 e. The molecule has 25 heteroatoms. The lowest BCUT2D eigenvalue weighted by Crippen LogP contribution is -2.49. The zero-order valence-corrected chi connectivity index (χ0v) is 74.6. The van der Waals surface area contributed by atoms with Crippen LogP contribution >= 0.6 is 11.6 Å². The number of benzene rings is 4. The van der Waals surface area contributed by atoms with E-state index >= 15 is 0 Å². The maximum atomic E-state index is 13.8. The number of esters is 9. The number of para-hydroxylation sites is 4. The molecule has 0 saturated carbocycles. The Bertz CT molecular complexity index is 4330. The molecule has 0 aliphatic heterocycles. The Labute approximate surface area is 731 Å². The standard InChI is InChI=1S/C49H63NO11.C33H53NO6.C16H11ClO5/c1-8-9-10-11-12-13-14-15-16-17-18-19-20-21-22-23-24-33-42(52)57-36-49(6,7)44(45(54)50-35-34-43(53)61-48(3,4)5)60-47(56)39-30-26-28-32-41(39)59-46(55)38-29-25-27-31-40(38)58-37(2)51;1-7-8-9-10-11-12-13-14-15-16-17-18-19-20-21-22-23-24-28(35)39-27-33(5,6)30(37)31(38)34-26-25-29(36)40-32(2,3)4;1-10(18)21-14-9-5-3-7-12(14)16(20)22-13-8-4-2-6-11(13)15(17)19/h9-10,12-13,15-16,18-19,21-22,25-32,44H,8,11,14,17,20,23-24,33-36H2,1-7H3,(H,50,54);8-9,11-12,14-15,17-18,20-21,30,37H,7,10,13,16,19,22-27H2,1-6H3,(H,34,38);2-9H,1H3/b10-9-,13-12-,16-15-,19-18-,22-21-;9-8-,12-11-,15-14-,18-17-,21-20-;/t44-;30-;/m00./s1. The second kappa shape index (κ2) is 60.8. The van der Waals surface area contributed by atoms with Gasteiger partial charge in [0.2, 0.25) is 5.91 Å². The van der Waals surface area contributed by atoms with Crippen LogP contribution in [-0.4, -0.2) is 126 Å². The molecule has 668 valence electrons. The first kappa shape index (κ1) is 107. The van der Waals surface area contributed by atoms with Crippen molar-refractivity contribution in [1.29, 1.82) is 0 Å². The van der Waals surface area contributed by atoms with E-state index in [1.54, 1.807) is 106 Å². The van der Waals surface area contributed by atoms with Crippen LogP contribution in [0.1, 0.15) is 254 Å². The van der Waals surface area contributed by atoms with Gasteiger partial charge in [0, 0.05) is 50.6 Å². The molecule has 0 heterocycles. The monoisotopic (exact) mass is 1720 g/mol. The smallest absolute Gasteiger partial charge is 0.347 e. The number of amides is 2. The summed E-state index contributed by atoms with van der Waals surface area (Å²) < 4.78 is 48.0. The van der Waals surface area contributed by atoms with Crippen LogP contribution in [0.15, 0.2) is 219 Å². The summed E-state index contributed by atoms with van der Waals surface area (Å²) in [4.78, 5) is 148. The van der Waals surface area contributed by atoms with Gasteiger partial charge in [0.1, 0.15) is 63.6 Å². The molecule has 0 fully saturated rings. The number of aliphatic hydroxyl groups is 1. The zero-order chi connectivity index (χ0) is 91.5. The van der Waals surface area contributed by atoms with Crippen LogP contribution in [0.4, 0.5) is 0 Å². The van der Waals surface area contributed by atoms with Crippen LogP contribution in [0.25, 0.3) is 0 Å². The average molecular weight is 1720 g/mol. The van der Waals surface area contributed by atoms with Crippen LogP contribution in [0, 0.1) is 10.8 Å². The van der Waals surface area contributed by atoms with Gasteiger partial charge in [-0.25, -0.2) is 14.4 Å². The van der Waals surface area contributed by atoms with E-state index < -0.39 is 99.1 Å². The van der Waals surface area contributed by atoms with Crippen molar-refractivity contribution < 1.29 is 105 Å². The van der Waals surface area contributed by atoms with Crippen molar-refractivity contribution in [3.63, 3.8) is 0 Å². The fourth-order valence-electron chi connectivity index (χ4n) is 10.5. The van der Waals surface area contributed by atoms with Crippen molar-refractivity contribution in [2.24, 2.45) is 10.8 Å². The van der Waals surface area contributed by atoms with Crippen LogP contribution in [0.3, 0.4) is 0 Å². The molecule has 0 aliphatic carbocycles. The molecular formula is C98H127ClN2O22. The molecule has 2 atom stereocenters.